The second kappa shape index (κ2) is 4.63. The molecule has 7 rings (SSSR count). The second-order valence-corrected chi connectivity index (χ2v) is 7.53. The maximum atomic E-state index is 3.70. The summed E-state index contributed by atoms with van der Waals surface area (Å²) in [5.41, 5.74) is 14.3. The minimum absolute atomic E-state index is 0.253. The Kier molecular flexibility index (Phi) is 2.35. The number of hydrogen-bond donors (Lipinski definition) is 2. The van der Waals surface area contributed by atoms with Gasteiger partial charge in [0.1, 0.15) is 0 Å². The van der Waals surface area contributed by atoms with E-state index in [0.717, 1.165) is 0 Å². The monoisotopic (exact) mass is 342 g/mol. The van der Waals surface area contributed by atoms with Crippen LogP contribution in [0.2, 0.25) is 0 Å². The van der Waals surface area contributed by atoms with Crippen LogP contribution in [-0.2, 0) is 0 Å². The Labute approximate surface area is 158 Å². The average Bonchev–Trinajstić information content (AvgIpc) is 2.84. The van der Waals surface area contributed by atoms with Crippen molar-refractivity contribution < 1.29 is 0 Å². The summed E-state index contributed by atoms with van der Waals surface area (Å²) in [5.74, 6) is 0. The lowest BCUT2D eigenvalue weighted by molar-refractivity contribution is 1.52. The molecular weight excluding hydrogens is 327 g/mol. The van der Waals surface area contributed by atoms with Crippen molar-refractivity contribution in [2.45, 2.75) is 0 Å². The Morgan fingerprint density at radius 2 is 0.815 bits per heavy atom. The van der Waals surface area contributed by atoms with Crippen LogP contribution in [0.3, 0.4) is 0 Å². The zero-order chi connectivity index (χ0) is 17.5. The fraction of sp³-hybridized carbons (Fsp3) is 0. The van der Waals surface area contributed by atoms with Crippen LogP contribution in [0.15, 0.2) is 78.9 Å². The molecule has 0 aliphatic carbocycles. The van der Waals surface area contributed by atoms with E-state index in [2.05, 4.69) is 89.5 Å². The summed E-state index contributed by atoms with van der Waals surface area (Å²) in [6.07, 6.45) is 0. The SMILES string of the molecule is c1cc2c3c(c1)Nc1cccc4c1B3c1c(cccc1-c1ccccc1-4)N2. The third-order valence-electron chi connectivity index (χ3n) is 6.23. The van der Waals surface area contributed by atoms with E-state index >= 15 is 0 Å². The van der Waals surface area contributed by atoms with E-state index in [-0.39, 0.29) is 6.71 Å². The lowest BCUT2D eigenvalue weighted by Crippen LogP contribution is -2.59. The quantitative estimate of drug-likeness (QED) is 0.408. The van der Waals surface area contributed by atoms with E-state index in [0.29, 0.717) is 0 Å². The molecule has 0 saturated carbocycles. The second-order valence-electron chi connectivity index (χ2n) is 7.53. The standard InChI is InChI=1S/C24H15BN2/c1-2-7-15-14(6-1)16-8-3-10-18-22(16)25-23-17(15)9-4-11-19(23)27-21-13-5-12-20(26-18)24(21)25/h1-13,26-27H. The van der Waals surface area contributed by atoms with Crippen molar-refractivity contribution in [2.24, 2.45) is 0 Å². The summed E-state index contributed by atoms with van der Waals surface area (Å²) in [7, 11) is 0. The van der Waals surface area contributed by atoms with Gasteiger partial charge in [0.25, 0.3) is 6.71 Å². The van der Waals surface area contributed by atoms with Gasteiger partial charge in [0, 0.05) is 22.7 Å². The van der Waals surface area contributed by atoms with E-state index in [1.165, 1.54) is 61.4 Å². The van der Waals surface area contributed by atoms with Crippen LogP contribution in [0.25, 0.3) is 22.3 Å². The summed E-state index contributed by atoms with van der Waals surface area (Å²) < 4.78 is 0. The van der Waals surface area contributed by atoms with Gasteiger partial charge in [0.2, 0.25) is 0 Å². The third-order valence-corrected chi connectivity index (χ3v) is 6.23. The predicted octanol–water partition coefficient (Wildman–Crippen LogP) is 3.96. The summed E-state index contributed by atoms with van der Waals surface area (Å²) in [6.45, 7) is 0.253. The number of benzene rings is 4. The molecule has 124 valence electrons. The molecule has 3 heteroatoms. The minimum atomic E-state index is 0.253. The first-order chi connectivity index (χ1) is 13.4. The molecule has 4 aromatic rings. The topological polar surface area (TPSA) is 24.1 Å². The van der Waals surface area contributed by atoms with E-state index < -0.39 is 0 Å². The summed E-state index contributed by atoms with van der Waals surface area (Å²) >= 11 is 0. The Morgan fingerprint density at radius 1 is 0.407 bits per heavy atom. The molecule has 2 nitrogen and oxygen atoms in total. The number of rotatable bonds is 0. The van der Waals surface area contributed by atoms with Crippen LogP contribution >= 0.6 is 0 Å². The van der Waals surface area contributed by atoms with Crippen molar-refractivity contribution in [3.63, 3.8) is 0 Å². The molecule has 0 unspecified atom stereocenters. The summed E-state index contributed by atoms with van der Waals surface area (Å²) in [4.78, 5) is 0. The molecule has 0 radical (unpaired) electrons. The van der Waals surface area contributed by atoms with Gasteiger partial charge in [-0.15, -0.1) is 0 Å². The average molecular weight is 342 g/mol. The van der Waals surface area contributed by atoms with E-state index in [4.69, 9.17) is 0 Å². The number of nitrogens with one attached hydrogen (secondary N) is 2. The fourth-order valence-electron chi connectivity index (χ4n) is 5.21. The molecule has 0 amide bonds. The number of hydrogen-bond acceptors (Lipinski definition) is 2. The third kappa shape index (κ3) is 1.58. The Bertz CT molecular complexity index is 1200. The highest BCUT2D eigenvalue weighted by molar-refractivity contribution is 7.02. The minimum Gasteiger partial charge on any atom is -0.356 e. The van der Waals surface area contributed by atoms with E-state index in [9.17, 15) is 0 Å². The molecule has 0 saturated heterocycles. The van der Waals surface area contributed by atoms with Crippen LogP contribution < -0.4 is 27.0 Å². The molecule has 0 fully saturated rings. The molecule has 4 aromatic carbocycles. The van der Waals surface area contributed by atoms with Gasteiger partial charge in [0.05, 0.1) is 0 Å². The van der Waals surface area contributed by atoms with Crippen LogP contribution in [0.1, 0.15) is 0 Å². The van der Waals surface area contributed by atoms with Crippen molar-refractivity contribution in [1.29, 1.82) is 0 Å². The Hall–Kier alpha value is -3.46. The maximum Gasteiger partial charge on any atom is 0.253 e. The highest BCUT2D eigenvalue weighted by Crippen LogP contribution is 2.40. The van der Waals surface area contributed by atoms with E-state index in [1.807, 2.05) is 0 Å². The number of fused-ring (bicyclic) bond motifs is 3. The van der Waals surface area contributed by atoms with Crippen molar-refractivity contribution in [1.82, 2.24) is 0 Å². The van der Waals surface area contributed by atoms with Crippen LogP contribution in [0.4, 0.5) is 22.7 Å². The molecular formula is C24H15BN2. The first-order valence-electron chi connectivity index (χ1n) is 9.43. The van der Waals surface area contributed by atoms with Crippen LogP contribution in [-0.4, -0.2) is 6.71 Å². The molecule has 2 N–H and O–H groups in total. The van der Waals surface area contributed by atoms with Gasteiger partial charge in [-0.05, 0) is 62.9 Å². The largest absolute Gasteiger partial charge is 0.356 e. The lowest BCUT2D eigenvalue weighted by Gasteiger charge is -2.35. The van der Waals surface area contributed by atoms with Gasteiger partial charge in [-0.1, -0.05) is 54.6 Å². The zero-order valence-corrected chi connectivity index (χ0v) is 14.6. The first kappa shape index (κ1) is 13.7. The molecule has 3 heterocycles. The van der Waals surface area contributed by atoms with Gasteiger partial charge in [-0.2, -0.15) is 0 Å². The zero-order valence-electron chi connectivity index (χ0n) is 14.6. The van der Waals surface area contributed by atoms with Gasteiger partial charge in [-0.25, -0.2) is 0 Å². The van der Waals surface area contributed by atoms with Gasteiger partial charge in [0.15, 0.2) is 0 Å². The van der Waals surface area contributed by atoms with Crippen molar-refractivity contribution >= 4 is 45.9 Å². The maximum absolute atomic E-state index is 3.70. The van der Waals surface area contributed by atoms with Crippen LogP contribution in [0.5, 0.6) is 0 Å². The fourth-order valence-corrected chi connectivity index (χ4v) is 5.21. The van der Waals surface area contributed by atoms with Crippen molar-refractivity contribution in [2.75, 3.05) is 10.6 Å². The highest BCUT2D eigenvalue weighted by Gasteiger charge is 2.42. The summed E-state index contributed by atoms with van der Waals surface area (Å²) in [5, 5.41) is 7.40. The van der Waals surface area contributed by atoms with E-state index in [1.54, 1.807) is 0 Å². The summed E-state index contributed by atoms with van der Waals surface area (Å²) in [6, 6.07) is 28.7. The van der Waals surface area contributed by atoms with Crippen LogP contribution in [0, 0.1) is 0 Å². The smallest absolute Gasteiger partial charge is 0.253 e. The van der Waals surface area contributed by atoms with Gasteiger partial charge < -0.3 is 10.6 Å². The van der Waals surface area contributed by atoms with Gasteiger partial charge >= 0.3 is 0 Å². The lowest BCUT2D eigenvalue weighted by atomic mass is 9.33. The highest BCUT2D eigenvalue weighted by atomic mass is 14.9. The molecule has 3 aliphatic heterocycles. The molecule has 27 heavy (non-hydrogen) atoms. The Balaban J connectivity index is 1.74. The molecule has 3 aliphatic rings. The Morgan fingerprint density at radius 3 is 1.33 bits per heavy atom. The first-order valence-corrected chi connectivity index (χ1v) is 9.43. The molecule has 0 spiro atoms. The molecule has 0 bridgehead atoms. The number of anilines is 4. The van der Waals surface area contributed by atoms with Gasteiger partial charge in [-0.3, -0.25) is 0 Å². The normalized spacial score (nSPS) is 13.7. The predicted molar refractivity (Wildman–Crippen MR) is 115 cm³/mol. The molecule has 0 atom stereocenters. The van der Waals surface area contributed by atoms with Crippen molar-refractivity contribution in [3.8, 4) is 22.3 Å². The van der Waals surface area contributed by atoms with Crippen molar-refractivity contribution in [3.05, 3.63) is 78.9 Å². The molecule has 0 aromatic heterocycles.